The lowest BCUT2D eigenvalue weighted by molar-refractivity contribution is 0.436. The lowest BCUT2D eigenvalue weighted by Gasteiger charge is -2.20. The Hall–Kier alpha value is -0.900. The number of aliphatic imine (C=N–C) groups is 1. The van der Waals surface area contributed by atoms with Crippen LogP contribution in [0.3, 0.4) is 0 Å². The highest BCUT2D eigenvalue weighted by Gasteiger charge is 2.16. The van der Waals surface area contributed by atoms with Gasteiger partial charge >= 0.3 is 0 Å². The van der Waals surface area contributed by atoms with E-state index in [0.29, 0.717) is 12.5 Å². The van der Waals surface area contributed by atoms with Gasteiger partial charge in [-0.05, 0) is 19.8 Å². The summed E-state index contributed by atoms with van der Waals surface area (Å²) in [6.45, 7) is 2.72. The molecule has 16 heavy (non-hydrogen) atoms. The minimum Gasteiger partial charge on any atom is -0.387 e. The number of thiazole rings is 1. The molecule has 1 aromatic heterocycles. The van der Waals surface area contributed by atoms with E-state index >= 15 is 0 Å². The molecule has 1 aliphatic carbocycles. The van der Waals surface area contributed by atoms with Crippen LogP contribution in [0.2, 0.25) is 0 Å². The number of nitrogens with zero attached hydrogens (tertiary/aromatic N) is 2. The molecule has 0 atom stereocenters. The maximum absolute atomic E-state index is 6.04. The second-order valence-electron chi connectivity index (χ2n) is 4.42. The van der Waals surface area contributed by atoms with Gasteiger partial charge in [-0.3, -0.25) is 4.99 Å². The molecule has 1 heterocycles. The summed E-state index contributed by atoms with van der Waals surface area (Å²) in [6.07, 6.45) is 8.31. The van der Waals surface area contributed by atoms with Gasteiger partial charge in [-0.1, -0.05) is 19.3 Å². The molecule has 1 aliphatic rings. The number of rotatable bonds is 3. The third kappa shape index (κ3) is 3.04. The van der Waals surface area contributed by atoms with Gasteiger partial charge in [0.2, 0.25) is 0 Å². The van der Waals surface area contributed by atoms with Gasteiger partial charge in [0.05, 0.1) is 17.4 Å². The van der Waals surface area contributed by atoms with Crippen molar-refractivity contribution in [3.05, 3.63) is 16.1 Å². The fourth-order valence-corrected chi connectivity index (χ4v) is 2.89. The van der Waals surface area contributed by atoms with E-state index in [1.807, 2.05) is 13.1 Å². The Kier molecular flexibility index (Phi) is 3.93. The van der Waals surface area contributed by atoms with Crippen LogP contribution >= 0.6 is 11.3 Å². The molecule has 1 saturated carbocycles. The van der Waals surface area contributed by atoms with E-state index < -0.39 is 0 Å². The van der Waals surface area contributed by atoms with Crippen molar-refractivity contribution < 1.29 is 0 Å². The molecule has 3 nitrogen and oxygen atoms in total. The minimum atomic E-state index is 0.530. The third-order valence-corrected chi connectivity index (χ3v) is 4.01. The summed E-state index contributed by atoms with van der Waals surface area (Å²) in [7, 11) is 0. The molecule has 0 radical (unpaired) electrons. The average molecular weight is 237 g/mol. The zero-order valence-electron chi connectivity index (χ0n) is 9.78. The van der Waals surface area contributed by atoms with Crippen LogP contribution in [0.1, 0.15) is 42.0 Å². The first-order chi connectivity index (χ1) is 7.75. The molecule has 0 unspecified atom stereocenters. The van der Waals surface area contributed by atoms with E-state index in [1.54, 1.807) is 11.3 Å². The topological polar surface area (TPSA) is 51.3 Å². The van der Waals surface area contributed by atoms with Crippen molar-refractivity contribution in [1.29, 1.82) is 0 Å². The van der Waals surface area contributed by atoms with Gasteiger partial charge in [0.15, 0.2) is 0 Å². The summed E-state index contributed by atoms with van der Waals surface area (Å²) in [5.41, 5.74) is 6.04. The molecule has 2 N–H and O–H groups in total. The summed E-state index contributed by atoms with van der Waals surface area (Å²) in [5, 5.41) is 1.10. The van der Waals surface area contributed by atoms with E-state index in [1.165, 1.54) is 37.0 Å². The highest BCUT2D eigenvalue weighted by atomic mass is 32.1. The van der Waals surface area contributed by atoms with Gasteiger partial charge in [0, 0.05) is 17.0 Å². The number of aromatic nitrogens is 1. The molecule has 0 spiro atoms. The molecule has 1 fully saturated rings. The number of hydrogen-bond acceptors (Lipinski definition) is 3. The monoisotopic (exact) mass is 237 g/mol. The smallest absolute Gasteiger partial charge is 0.0972 e. The number of nitrogens with two attached hydrogens (primary N) is 1. The fraction of sp³-hybridized carbons (Fsp3) is 0.667. The Labute approximate surface area is 101 Å². The van der Waals surface area contributed by atoms with Crippen LogP contribution in [-0.2, 0) is 6.54 Å². The highest BCUT2D eigenvalue weighted by Crippen LogP contribution is 2.24. The van der Waals surface area contributed by atoms with E-state index in [9.17, 15) is 0 Å². The summed E-state index contributed by atoms with van der Waals surface area (Å²) >= 11 is 1.70. The van der Waals surface area contributed by atoms with Crippen molar-refractivity contribution in [2.45, 2.75) is 45.6 Å². The Morgan fingerprint density at radius 1 is 1.50 bits per heavy atom. The van der Waals surface area contributed by atoms with E-state index in [2.05, 4.69) is 9.98 Å². The minimum absolute atomic E-state index is 0.530. The lowest BCUT2D eigenvalue weighted by Crippen LogP contribution is -2.25. The standard InChI is InChI=1S/C12H19N3S/c1-9-14-7-11(16-9)8-15-12(13)10-5-3-2-4-6-10/h7,10H,2-6,8H2,1H3,(H2,13,15). The molecule has 2 rings (SSSR count). The fourth-order valence-electron chi connectivity index (χ4n) is 2.18. The number of aryl methyl sites for hydroxylation is 1. The predicted octanol–water partition coefficient (Wildman–Crippen LogP) is 2.89. The molecule has 0 aromatic carbocycles. The summed E-state index contributed by atoms with van der Waals surface area (Å²) in [6, 6.07) is 0. The van der Waals surface area contributed by atoms with Crippen LogP contribution in [0.25, 0.3) is 0 Å². The Morgan fingerprint density at radius 3 is 2.88 bits per heavy atom. The summed E-state index contributed by atoms with van der Waals surface area (Å²) in [4.78, 5) is 9.92. The van der Waals surface area contributed by atoms with E-state index in [4.69, 9.17) is 5.73 Å². The molecule has 4 heteroatoms. The second-order valence-corrected chi connectivity index (χ2v) is 5.74. The lowest BCUT2D eigenvalue weighted by atomic mass is 9.88. The highest BCUT2D eigenvalue weighted by molar-refractivity contribution is 7.11. The first-order valence-electron chi connectivity index (χ1n) is 5.97. The maximum Gasteiger partial charge on any atom is 0.0972 e. The van der Waals surface area contributed by atoms with E-state index in [-0.39, 0.29) is 0 Å². The zero-order chi connectivity index (χ0) is 11.4. The second kappa shape index (κ2) is 5.43. The van der Waals surface area contributed by atoms with Gasteiger partial charge < -0.3 is 5.73 Å². The van der Waals surface area contributed by atoms with Crippen LogP contribution in [-0.4, -0.2) is 10.8 Å². The van der Waals surface area contributed by atoms with Gasteiger partial charge in [0.1, 0.15) is 0 Å². The van der Waals surface area contributed by atoms with Crippen LogP contribution in [0.15, 0.2) is 11.2 Å². The molecular weight excluding hydrogens is 218 g/mol. The van der Waals surface area contributed by atoms with Crippen molar-refractivity contribution >= 4 is 17.2 Å². The van der Waals surface area contributed by atoms with Gasteiger partial charge in [-0.25, -0.2) is 4.98 Å². The summed E-state index contributed by atoms with van der Waals surface area (Å²) in [5.74, 6) is 1.38. The Bertz CT molecular complexity index is 364. The SMILES string of the molecule is Cc1ncc(CN=C(N)C2CCCCC2)s1. The van der Waals surface area contributed by atoms with E-state index in [0.717, 1.165) is 10.8 Å². The first-order valence-corrected chi connectivity index (χ1v) is 6.78. The third-order valence-electron chi connectivity index (χ3n) is 3.11. The quantitative estimate of drug-likeness (QED) is 0.649. The van der Waals surface area contributed by atoms with Gasteiger partial charge in [0.25, 0.3) is 0 Å². The van der Waals surface area contributed by atoms with Crippen molar-refractivity contribution in [2.75, 3.05) is 0 Å². The number of amidine groups is 1. The average Bonchev–Trinajstić information content (AvgIpc) is 2.73. The van der Waals surface area contributed by atoms with Crippen LogP contribution in [0, 0.1) is 12.8 Å². The van der Waals surface area contributed by atoms with Crippen LogP contribution in [0.4, 0.5) is 0 Å². The van der Waals surface area contributed by atoms with Gasteiger partial charge in [-0.2, -0.15) is 0 Å². The molecule has 0 amide bonds. The molecule has 0 saturated heterocycles. The Balaban J connectivity index is 1.90. The predicted molar refractivity (Wildman–Crippen MR) is 68.8 cm³/mol. The van der Waals surface area contributed by atoms with Crippen molar-refractivity contribution in [1.82, 2.24) is 4.98 Å². The molecule has 0 aliphatic heterocycles. The molecular formula is C12H19N3S. The van der Waals surface area contributed by atoms with Crippen molar-refractivity contribution in [3.63, 3.8) is 0 Å². The Morgan fingerprint density at radius 2 is 2.25 bits per heavy atom. The van der Waals surface area contributed by atoms with Gasteiger partial charge in [-0.15, -0.1) is 11.3 Å². The summed E-state index contributed by atoms with van der Waals surface area (Å²) < 4.78 is 0. The van der Waals surface area contributed by atoms with Crippen LogP contribution < -0.4 is 5.73 Å². The molecule has 1 aromatic rings. The first kappa shape index (κ1) is 11.6. The zero-order valence-corrected chi connectivity index (χ0v) is 10.6. The van der Waals surface area contributed by atoms with Crippen molar-refractivity contribution in [3.8, 4) is 0 Å². The normalized spacial score (nSPS) is 18.9. The van der Waals surface area contributed by atoms with Crippen LogP contribution in [0.5, 0.6) is 0 Å². The largest absolute Gasteiger partial charge is 0.387 e. The maximum atomic E-state index is 6.04. The molecule has 0 bridgehead atoms. The van der Waals surface area contributed by atoms with Crippen molar-refractivity contribution in [2.24, 2.45) is 16.6 Å². The molecule has 88 valence electrons. The number of hydrogen-bond donors (Lipinski definition) is 1.